The van der Waals surface area contributed by atoms with Crippen molar-refractivity contribution in [3.8, 4) is 0 Å². The van der Waals surface area contributed by atoms with Gasteiger partial charge in [0.05, 0.1) is 24.4 Å². The highest BCUT2D eigenvalue weighted by atomic mass is 16.8. The minimum Gasteiger partial charge on any atom is -0.460 e. The van der Waals surface area contributed by atoms with Crippen molar-refractivity contribution < 1.29 is 67.3 Å². The third-order valence-corrected chi connectivity index (χ3v) is 15.5. The van der Waals surface area contributed by atoms with E-state index in [1.54, 1.807) is 48.2 Å². The van der Waals surface area contributed by atoms with Crippen LogP contribution in [0.5, 0.6) is 0 Å². The number of nitrogens with zero attached hydrogens (tertiary/aromatic N) is 1. The average Bonchev–Trinajstić information content (AvgIpc) is 3.29. The van der Waals surface area contributed by atoms with Crippen LogP contribution in [-0.2, 0) is 52.3 Å². The molecular formula is C51H75NO14. The quantitative estimate of drug-likeness (QED) is 0.175. The molecule has 368 valence electrons. The number of ether oxygens (including phenoxy) is 7. The zero-order valence-electron chi connectivity index (χ0n) is 40.4. The number of carbonyl (C=O) groups excluding carboxylic acids is 5. The number of fused-ring (bicyclic) bond motifs is 6. The maximum Gasteiger partial charge on any atom is 0.509 e. The Morgan fingerprint density at radius 2 is 1.59 bits per heavy atom. The van der Waals surface area contributed by atoms with Gasteiger partial charge in [0.2, 0.25) is 5.79 Å². The Hall–Kier alpha value is -3.73. The Morgan fingerprint density at radius 1 is 0.833 bits per heavy atom. The number of esters is 1. The Kier molecular flexibility index (Phi) is 17.7. The fourth-order valence-corrected chi connectivity index (χ4v) is 11.6. The van der Waals surface area contributed by atoms with Crippen LogP contribution in [0.15, 0.2) is 47.6 Å². The summed E-state index contributed by atoms with van der Waals surface area (Å²) < 4.78 is 41.4. The number of aliphatic hydroxyl groups is 2. The van der Waals surface area contributed by atoms with Crippen molar-refractivity contribution in [1.82, 2.24) is 4.90 Å². The third-order valence-electron chi connectivity index (χ3n) is 15.5. The van der Waals surface area contributed by atoms with Crippen LogP contribution >= 0.6 is 0 Å². The van der Waals surface area contributed by atoms with E-state index in [4.69, 9.17) is 33.2 Å². The SMILES string of the molecule is CO[C@H]1[C@H]2OC(=O)O[C@@H]1/C(C)=C/C(C)C(=O)CC1OC(=O)[C@@H]3[C@H](CCCN3C(=O)C(=O)[C@]3(O)O[C@@H](CC[C@H]3C)C[C@H](OC)/C(C)=C/C=C/C=C/[C@@H](C)C[C@H]2C)C1C[C@@H]1CC[C@@H](O)[C@H](OC)C1. The molecule has 1 aliphatic carbocycles. The van der Waals surface area contributed by atoms with E-state index >= 15 is 0 Å². The summed E-state index contributed by atoms with van der Waals surface area (Å²) in [5.41, 5.74) is 1.52. The Morgan fingerprint density at radius 3 is 2.30 bits per heavy atom. The summed E-state index contributed by atoms with van der Waals surface area (Å²) in [7, 11) is 4.71. The molecule has 0 aromatic heterocycles. The van der Waals surface area contributed by atoms with Crippen molar-refractivity contribution in [2.45, 2.75) is 173 Å². The zero-order valence-corrected chi connectivity index (χ0v) is 40.4. The molecule has 5 aliphatic heterocycles. The molecular weight excluding hydrogens is 851 g/mol. The van der Waals surface area contributed by atoms with Crippen LogP contribution in [0.2, 0.25) is 0 Å². The Labute approximate surface area is 390 Å². The van der Waals surface area contributed by atoms with Gasteiger partial charge < -0.3 is 48.3 Å². The predicted octanol–water partition coefficient (Wildman–Crippen LogP) is 6.37. The van der Waals surface area contributed by atoms with Gasteiger partial charge >= 0.3 is 12.1 Å². The number of allylic oxidation sites excluding steroid dienone is 6. The number of amides is 1. The molecule has 66 heavy (non-hydrogen) atoms. The number of Topliss-reactive ketones (excluding diaryl/α,β-unsaturated/α-hetero) is 2. The van der Waals surface area contributed by atoms with E-state index in [-0.39, 0.29) is 48.5 Å². The van der Waals surface area contributed by atoms with Crippen LogP contribution in [0, 0.1) is 41.4 Å². The van der Waals surface area contributed by atoms with Crippen LogP contribution in [0.1, 0.15) is 112 Å². The molecule has 15 heteroatoms. The van der Waals surface area contributed by atoms with E-state index in [0.29, 0.717) is 69.8 Å². The molecule has 1 saturated carbocycles. The summed E-state index contributed by atoms with van der Waals surface area (Å²) >= 11 is 0. The first kappa shape index (κ1) is 51.7. The van der Waals surface area contributed by atoms with Gasteiger partial charge in [0.1, 0.15) is 30.1 Å². The van der Waals surface area contributed by atoms with Gasteiger partial charge in [-0.25, -0.2) is 9.59 Å². The topological polar surface area (TPSA) is 194 Å². The van der Waals surface area contributed by atoms with E-state index in [0.717, 1.165) is 5.57 Å². The molecule has 6 aliphatic rings. The number of methoxy groups -OCH3 is 3. The summed E-state index contributed by atoms with van der Waals surface area (Å²) in [4.78, 5) is 71.7. The lowest BCUT2D eigenvalue weighted by molar-refractivity contribution is -0.266. The fraction of sp³-hybridized carbons (Fsp3) is 0.745. The normalized spacial score (nSPS) is 43.9. The summed E-state index contributed by atoms with van der Waals surface area (Å²) in [5.74, 6) is -7.59. The van der Waals surface area contributed by atoms with Crippen molar-refractivity contribution in [1.29, 1.82) is 0 Å². The van der Waals surface area contributed by atoms with E-state index in [2.05, 4.69) is 13.0 Å². The number of hydrogen-bond acceptors (Lipinski definition) is 14. The molecule has 6 rings (SSSR count). The van der Waals surface area contributed by atoms with Crippen molar-refractivity contribution >= 4 is 29.6 Å². The lowest BCUT2D eigenvalue weighted by Gasteiger charge is -2.50. The standard InChI is InChI=1S/C51H75NO14/c1-28-14-11-10-12-15-29(2)40(60-7)26-35-19-17-33(6)51(59,66-35)47(55)48(56)52-21-13-16-36-37(24-34-18-20-38(53)42(25-34)61-8)41(63-49(57)43(36)52)27-39(54)30(3)23-32(5)45-46(62-9)44(31(4)22-28)64-50(58)65-45/h10-12,14-15,23,28,30-31,33-38,40-46,53,59H,13,16-22,24-27H2,1-9H3/b12-10+,14-11+,29-15+,32-23+/t28-,30?,31-,33-,34+,35+,36-,37?,38-,40+,41?,42-,43+,44+,45-,46+,51-/m1/s1. The Bertz CT molecular complexity index is 1880. The van der Waals surface area contributed by atoms with Crippen LogP contribution in [0.25, 0.3) is 0 Å². The molecule has 6 bridgehead atoms. The van der Waals surface area contributed by atoms with Crippen LogP contribution in [-0.4, -0.2) is 133 Å². The zero-order chi connectivity index (χ0) is 48.0. The van der Waals surface area contributed by atoms with Gasteiger partial charge in [-0.3, -0.25) is 14.4 Å². The van der Waals surface area contributed by atoms with Crippen molar-refractivity contribution in [3.63, 3.8) is 0 Å². The number of rotatable bonds is 5. The number of carbonyl (C=O) groups is 5. The minimum absolute atomic E-state index is 0.0622. The van der Waals surface area contributed by atoms with Gasteiger partial charge in [-0.05, 0) is 106 Å². The molecule has 3 unspecified atom stereocenters. The number of ketones is 2. The van der Waals surface area contributed by atoms with Gasteiger partial charge in [-0.2, -0.15) is 0 Å². The van der Waals surface area contributed by atoms with Gasteiger partial charge in [-0.1, -0.05) is 64.2 Å². The lowest BCUT2D eigenvalue weighted by atomic mass is 9.68. The highest BCUT2D eigenvalue weighted by molar-refractivity contribution is 6.39. The highest BCUT2D eigenvalue weighted by Gasteiger charge is 2.57. The molecule has 0 radical (unpaired) electrons. The molecule has 0 aromatic rings. The van der Waals surface area contributed by atoms with Crippen LogP contribution in [0.3, 0.4) is 0 Å². The molecule has 15 nitrogen and oxygen atoms in total. The molecule has 0 spiro atoms. The lowest BCUT2D eigenvalue weighted by Crippen LogP contribution is -2.65. The first-order valence-corrected chi connectivity index (χ1v) is 24.2. The van der Waals surface area contributed by atoms with Gasteiger partial charge in [0, 0.05) is 58.5 Å². The predicted molar refractivity (Wildman–Crippen MR) is 242 cm³/mol. The summed E-state index contributed by atoms with van der Waals surface area (Å²) in [6, 6.07) is -1.12. The molecule has 17 atom stereocenters. The molecule has 2 N–H and O–H groups in total. The van der Waals surface area contributed by atoms with E-state index in [1.165, 1.54) is 4.90 Å². The smallest absolute Gasteiger partial charge is 0.460 e. The minimum atomic E-state index is -2.43. The third kappa shape index (κ3) is 11.6. The van der Waals surface area contributed by atoms with E-state index in [1.807, 2.05) is 38.2 Å². The summed E-state index contributed by atoms with van der Waals surface area (Å²) in [5, 5.41) is 22.7. The second-order valence-electron chi connectivity index (χ2n) is 20.2. The second kappa shape index (κ2) is 22.6. The average molecular weight is 926 g/mol. The first-order chi connectivity index (χ1) is 31.4. The number of aliphatic hydroxyl groups excluding tert-OH is 1. The fourth-order valence-electron chi connectivity index (χ4n) is 11.6. The first-order valence-electron chi connectivity index (χ1n) is 24.2. The molecule has 5 heterocycles. The maximum atomic E-state index is 14.5. The monoisotopic (exact) mass is 926 g/mol. The van der Waals surface area contributed by atoms with Gasteiger partial charge in [0.25, 0.3) is 11.7 Å². The molecule has 1 amide bonds. The highest BCUT2D eigenvalue weighted by Crippen LogP contribution is 2.45. The van der Waals surface area contributed by atoms with Crippen molar-refractivity contribution in [3.05, 3.63) is 47.6 Å². The molecule has 4 saturated heterocycles. The summed E-state index contributed by atoms with van der Waals surface area (Å²) in [6.07, 6.45) is 11.1. The number of piperidine rings is 1. The Balaban J connectivity index is 1.35. The van der Waals surface area contributed by atoms with Crippen LogP contribution in [0.4, 0.5) is 4.79 Å². The number of hydrogen-bond donors (Lipinski definition) is 2. The largest absolute Gasteiger partial charge is 0.509 e. The summed E-state index contributed by atoms with van der Waals surface area (Å²) in [6.45, 7) is 11.4. The van der Waals surface area contributed by atoms with Crippen molar-refractivity contribution in [2.24, 2.45) is 41.4 Å². The van der Waals surface area contributed by atoms with Gasteiger partial charge in [-0.15, -0.1) is 0 Å². The van der Waals surface area contributed by atoms with E-state index in [9.17, 15) is 34.2 Å². The second-order valence-corrected chi connectivity index (χ2v) is 20.2. The van der Waals surface area contributed by atoms with E-state index < -0.39 is 96.1 Å². The van der Waals surface area contributed by atoms with Gasteiger partial charge in [0.15, 0.2) is 6.10 Å². The maximum absolute atomic E-state index is 14.5. The van der Waals surface area contributed by atoms with Crippen molar-refractivity contribution in [2.75, 3.05) is 27.9 Å². The molecule has 5 fully saturated rings. The van der Waals surface area contributed by atoms with Crippen LogP contribution < -0.4 is 0 Å². The molecule has 0 aromatic carbocycles.